The molecule has 6 nitrogen and oxygen atoms in total. The molecule has 2 aromatic rings. The first kappa shape index (κ1) is 15.2. The first-order valence-electron chi connectivity index (χ1n) is 8.66. The highest BCUT2D eigenvalue weighted by Crippen LogP contribution is 2.38. The van der Waals surface area contributed by atoms with Crippen molar-refractivity contribution in [1.82, 2.24) is 9.55 Å². The maximum absolute atomic E-state index is 12.5. The molecule has 2 N–H and O–H groups in total. The maximum Gasteiger partial charge on any atom is 0.307 e. The van der Waals surface area contributed by atoms with Gasteiger partial charge < -0.3 is 9.67 Å². The van der Waals surface area contributed by atoms with E-state index in [2.05, 4.69) is 14.9 Å². The van der Waals surface area contributed by atoms with Crippen LogP contribution in [0.5, 0.6) is 0 Å². The normalized spacial score (nSPS) is 24.0. The fourth-order valence-electron chi connectivity index (χ4n) is 3.98. The van der Waals surface area contributed by atoms with Gasteiger partial charge in [-0.05, 0) is 37.8 Å². The number of carbonyl (C=O) groups excluding carboxylic acids is 1. The Bertz CT molecular complexity index is 792. The third-order valence-corrected chi connectivity index (χ3v) is 5.45. The predicted octanol–water partition coefficient (Wildman–Crippen LogP) is 3.20. The maximum atomic E-state index is 12.5. The zero-order valence-electron chi connectivity index (χ0n) is 13.4. The summed E-state index contributed by atoms with van der Waals surface area (Å²) in [6.07, 6.45) is 5.76. The number of nitrogens with zero attached hydrogens (tertiary/aromatic N) is 2. The second kappa shape index (κ2) is 5.92. The van der Waals surface area contributed by atoms with Gasteiger partial charge >= 0.3 is 5.97 Å². The van der Waals surface area contributed by atoms with E-state index in [0.717, 1.165) is 23.9 Å². The average Bonchev–Trinajstić information content (AvgIpc) is 3.11. The molecule has 0 saturated heterocycles. The number of carboxylic acid groups (broad SMARTS) is 1. The molecule has 4 rings (SSSR count). The lowest BCUT2D eigenvalue weighted by molar-refractivity contribution is -0.151. The smallest absolute Gasteiger partial charge is 0.307 e. The zero-order chi connectivity index (χ0) is 16.7. The van der Waals surface area contributed by atoms with Gasteiger partial charge in [0.15, 0.2) is 0 Å². The predicted molar refractivity (Wildman–Crippen MR) is 89.7 cm³/mol. The van der Waals surface area contributed by atoms with Crippen molar-refractivity contribution in [2.24, 2.45) is 11.8 Å². The Morgan fingerprint density at radius 2 is 1.79 bits per heavy atom. The molecule has 1 amide bonds. The second-order valence-electron chi connectivity index (χ2n) is 6.85. The lowest BCUT2D eigenvalue weighted by atomic mass is 9.73. The molecule has 0 spiro atoms. The molecule has 2 unspecified atom stereocenters. The molecule has 0 radical (unpaired) electrons. The molecule has 2 atom stereocenters. The number of hydrogen-bond donors (Lipinski definition) is 2. The van der Waals surface area contributed by atoms with E-state index >= 15 is 0 Å². The molecule has 2 aliphatic carbocycles. The molecule has 2 aliphatic rings. The Labute approximate surface area is 139 Å². The highest BCUT2D eigenvalue weighted by Gasteiger charge is 2.42. The third-order valence-electron chi connectivity index (χ3n) is 5.45. The number of benzene rings is 1. The van der Waals surface area contributed by atoms with Gasteiger partial charge in [-0.3, -0.25) is 14.9 Å². The van der Waals surface area contributed by atoms with E-state index < -0.39 is 17.8 Å². The number of amides is 1. The van der Waals surface area contributed by atoms with E-state index in [0.29, 0.717) is 24.8 Å². The topological polar surface area (TPSA) is 84.2 Å². The number of anilines is 1. The van der Waals surface area contributed by atoms with Crippen molar-refractivity contribution in [3.63, 3.8) is 0 Å². The Morgan fingerprint density at radius 1 is 1.08 bits per heavy atom. The molecule has 1 aromatic carbocycles. The number of aromatic nitrogens is 2. The van der Waals surface area contributed by atoms with Gasteiger partial charge in [0.2, 0.25) is 11.9 Å². The van der Waals surface area contributed by atoms with Crippen molar-refractivity contribution in [1.29, 1.82) is 0 Å². The summed E-state index contributed by atoms with van der Waals surface area (Å²) < 4.78 is 2.13. The Kier molecular flexibility index (Phi) is 3.75. The largest absolute Gasteiger partial charge is 0.481 e. The highest BCUT2D eigenvalue weighted by molar-refractivity contribution is 5.96. The summed E-state index contributed by atoms with van der Waals surface area (Å²) in [5.41, 5.74) is 1.89. The van der Waals surface area contributed by atoms with Crippen LogP contribution < -0.4 is 5.32 Å². The van der Waals surface area contributed by atoms with Gasteiger partial charge in [0.05, 0.1) is 22.9 Å². The fourth-order valence-corrected chi connectivity index (χ4v) is 3.98. The minimum absolute atomic E-state index is 0.219. The van der Waals surface area contributed by atoms with Crippen molar-refractivity contribution in [3.8, 4) is 0 Å². The van der Waals surface area contributed by atoms with E-state index in [1.165, 1.54) is 12.8 Å². The molecule has 1 heterocycles. The Hall–Kier alpha value is -2.37. The van der Waals surface area contributed by atoms with Crippen LogP contribution in [0.1, 0.15) is 44.6 Å². The fraction of sp³-hybridized carbons (Fsp3) is 0.500. The van der Waals surface area contributed by atoms with E-state index in [4.69, 9.17) is 5.11 Å². The van der Waals surface area contributed by atoms with Gasteiger partial charge in [-0.25, -0.2) is 4.98 Å². The van der Waals surface area contributed by atoms with Crippen molar-refractivity contribution in [3.05, 3.63) is 24.3 Å². The molecular weight excluding hydrogens is 306 g/mol. The quantitative estimate of drug-likeness (QED) is 0.903. The van der Waals surface area contributed by atoms with Crippen LogP contribution in [0.4, 0.5) is 5.95 Å². The Balaban J connectivity index is 1.65. The monoisotopic (exact) mass is 327 g/mol. The average molecular weight is 327 g/mol. The summed E-state index contributed by atoms with van der Waals surface area (Å²) in [6, 6.07) is 8.24. The molecular formula is C18H21N3O3. The number of nitrogens with one attached hydrogen (secondary N) is 1. The number of carboxylic acids is 1. The minimum Gasteiger partial charge on any atom is -0.481 e. The molecule has 2 saturated carbocycles. The first-order valence-corrected chi connectivity index (χ1v) is 8.66. The van der Waals surface area contributed by atoms with E-state index in [-0.39, 0.29) is 5.91 Å². The number of imidazole rings is 1. The van der Waals surface area contributed by atoms with Crippen molar-refractivity contribution >= 4 is 28.9 Å². The summed E-state index contributed by atoms with van der Waals surface area (Å²) >= 11 is 0. The molecule has 24 heavy (non-hydrogen) atoms. The van der Waals surface area contributed by atoms with Crippen LogP contribution in [0.2, 0.25) is 0 Å². The van der Waals surface area contributed by atoms with Gasteiger partial charge in [0.25, 0.3) is 0 Å². The summed E-state index contributed by atoms with van der Waals surface area (Å²) in [6.45, 7) is 0. The van der Waals surface area contributed by atoms with Gasteiger partial charge in [-0.15, -0.1) is 0 Å². The van der Waals surface area contributed by atoms with Crippen molar-refractivity contribution in [2.75, 3.05) is 5.32 Å². The van der Waals surface area contributed by atoms with Crippen LogP contribution in [0.15, 0.2) is 24.3 Å². The summed E-state index contributed by atoms with van der Waals surface area (Å²) in [5.74, 6) is -1.55. The number of para-hydroxylation sites is 2. The SMILES string of the molecule is O=C(O)C1CCC1C(=O)Nc1nc2ccccc2n1C1CCCC1. The number of carbonyl (C=O) groups is 2. The molecule has 0 aliphatic heterocycles. The zero-order valence-corrected chi connectivity index (χ0v) is 13.4. The number of fused-ring (bicyclic) bond motifs is 1. The van der Waals surface area contributed by atoms with E-state index in [1.807, 2.05) is 24.3 Å². The number of hydrogen-bond acceptors (Lipinski definition) is 3. The number of rotatable bonds is 4. The van der Waals surface area contributed by atoms with Crippen LogP contribution in [0.25, 0.3) is 11.0 Å². The van der Waals surface area contributed by atoms with Crippen molar-refractivity contribution < 1.29 is 14.7 Å². The number of aliphatic carboxylic acids is 1. The van der Waals surface area contributed by atoms with Crippen LogP contribution in [0.3, 0.4) is 0 Å². The molecule has 0 bridgehead atoms. The first-order chi connectivity index (χ1) is 11.6. The van der Waals surface area contributed by atoms with E-state index in [1.54, 1.807) is 0 Å². The van der Waals surface area contributed by atoms with E-state index in [9.17, 15) is 9.59 Å². The standard InChI is InChI=1S/C18H21N3O3/c22-16(12-9-10-13(12)17(23)24)20-18-19-14-7-3-4-8-15(14)21(18)11-5-1-2-6-11/h3-4,7-8,11-13H,1-2,5-6,9-10H2,(H,23,24)(H,19,20,22). The summed E-state index contributed by atoms with van der Waals surface area (Å²) in [7, 11) is 0. The summed E-state index contributed by atoms with van der Waals surface area (Å²) in [4.78, 5) is 28.3. The van der Waals surface area contributed by atoms with Gasteiger partial charge in [-0.2, -0.15) is 0 Å². The lowest BCUT2D eigenvalue weighted by Gasteiger charge is -2.32. The molecule has 2 fully saturated rings. The molecule has 1 aromatic heterocycles. The van der Waals surface area contributed by atoms with Crippen LogP contribution in [-0.4, -0.2) is 26.5 Å². The minimum atomic E-state index is -0.884. The Morgan fingerprint density at radius 3 is 2.46 bits per heavy atom. The summed E-state index contributed by atoms with van der Waals surface area (Å²) in [5, 5.41) is 12.1. The van der Waals surface area contributed by atoms with Gasteiger partial charge in [-0.1, -0.05) is 25.0 Å². The van der Waals surface area contributed by atoms with Gasteiger partial charge in [0.1, 0.15) is 0 Å². The van der Waals surface area contributed by atoms with Crippen LogP contribution in [0, 0.1) is 11.8 Å². The van der Waals surface area contributed by atoms with Crippen LogP contribution >= 0.6 is 0 Å². The van der Waals surface area contributed by atoms with Crippen molar-refractivity contribution in [2.45, 2.75) is 44.6 Å². The lowest BCUT2D eigenvalue weighted by Crippen LogP contribution is -2.41. The second-order valence-corrected chi connectivity index (χ2v) is 6.85. The molecule has 126 valence electrons. The highest BCUT2D eigenvalue weighted by atomic mass is 16.4. The van der Waals surface area contributed by atoms with Gasteiger partial charge in [0, 0.05) is 6.04 Å². The third kappa shape index (κ3) is 2.46. The molecule has 6 heteroatoms. The van der Waals surface area contributed by atoms with Crippen LogP contribution in [-0.2, 0) is 9.59 Å².